The summed E-state index contributed by atoms with van der Waals surface area (Å²) >= 11 is 0. The number of fused-ring (bicyclic) bond motifs is 1. The molecule has 3 N–H and O–H groups in total. The van der Waals surface area contributed by atoms with E-state index in [0.717, 1.165) is 41.7 Å². The summed E-state index contributed by atoms with van der Waals surface area (Å²) in [7, 11) is 0. The van der Waals surface area contributed by atoms with Gasteiger partial charge in [-0.05, 0) is 42.9 Å². The van der Waals surface area contributed by atoms with E-state index in [1.807, 2.05) is 48.5 Å². The Balaban J connectivity index is 1.77. The van der Waals surface area contributed by atoms with Gasteiger partial charge in [-0.1, -0.05) is 42.5 Å². The smallest absolute Gasteiger partial charge is 0.322 e. The number of amides is 2. The number of carboxylic acids is 1. The largest absolute Gasteiger partial charge is 0.493 e. The molecule has 0 atom stereocenters. The van der Waals surface area contributed by atoms with Gasteiger partial charge in [-0.15, -0.1) is 0 Å². The number of nitrogens with zero attached hydrogens (tertiary/aromatic N) is 1. The molecule has 1 aliphatic heterocycles. The minimum Gasteiger partial charge on any atom is -0.493 e. The van der Waals surface area contributed by atoms with Crippen LogP contribution in [0.3, 0.4) is 0 Å². The predicted octanol–water partition coefficient (Wildman–Crippen LogP) is 2.50. The first-order valence-electron chi connectivity index (χ1n) is 11.8. The molecule has 2 aromatic carbocycles. The summed E-state index contributed by atoms with van der Waals surface area (Å²) in [6.07, 6.45) is 3.49. The van der Waals surface area contributed by atoms with Crippen molar-refractivity contribution in [1.29, 1.82) is 0 Å². The van der Waals surface area contributed by atoms with Gasteiger partial charge < -0.3 is 20.5 Å². The third-order valence-corrected chi connectivity index (χ3v) is 5.61. The molecule has 0 saturated heterocycles. The van der Waals surface area contributed by atoms with Crippen molar-refractivity contribution in [2.45, 2.75) is 45.2 Å². The summed E-state index contributed by atoms with van der Waals surface area (Å²) in [5, 5.41) is 14.1. The molecule has 0 fully saturated rings. The van der Waals surface area contributed by atoms with Crippen LogP contribution in [-0.4, -0.2) is 54.0 Å². The van der Waals surface area contributed by atoms with Gasteiger partial charge in [0.2, 0.25) is 11.8 Å². The zero-order valence-electron chi connectivity index (χ0n) is 19.4. The van der Waals surface area contributed by atoms with Crippen LogP contribution >= 0.6 is 0 Å². The second-order valence-electron chi connectivity index (χ2n) is 8.50. The number of carbonyl (C=O) groups excluding carboxylic acids is 2. The molecule has 0 radical (unpaired) electrons. The molecule has 8 nitrogen and oxygen atoms in total. The summed E-state index contributed by atoms with van der Waals surface area (Å²) in [6, 6.07) is 15.9. The normalized spacial score (nSPS) is 15.5. The molecule has 34 heavy (non-hydrogen) atoms. The highest BCUT2D eigenvalue weighted by Crippen LogP contribution is 2.24. The second-order valence-corrected chi connectivity index (χ2v) is 8.50. The Morgan fingerprint density at radius 1 is 1.03 bits per heavy atom. The van der Waals surface area contributed by atoms with Crippen LogP contribution in [0.2, 0.25) is 0 Å². The lowest BCUT2D eigenvalue weighted by atomic mass is 10.0. The van der Waals surface area contributed by atoms with Crippen molar-refractivity contribution >= 4 is 17.8 Å². The zero-order valence-corrected chi connectivity index (χ0v) is 19.4. The second kappa shape index (κ2) is 13.3. The molecule has 0 aromatic heterocycles. The monoisotopic (exact) mass is 467 g/mol. The quantitative estimate of drug-likeness (QED) is 0.578. The van der Waals surface area contributed by atoms with Gasteiger partial charge in [-0.25, -0.2) is 0 Å². The van der Waals surface area contributed by atoms with E-state index in [1.165, 1.54) is 0 Å². The average molecular weight is 468 g/mol. The number of carbonyl (C=O) groups is 3. The maximum atomic E-state index is 12.6. The minimum absolute atomic E-state index is 0.00361. The van der Waals surface area contributed by atoms with Gasteiger partial charge in [-0.3, -0.25) is 19.3 Å². The molecule has 0 spiro atoms. The van der Waals surface area contributed by atoms with Crippen molar-refractivity contribution in [2.75, 3.05) is 26.2 Å². The van der Waals surface area contributed by atoms with Crippen LogP contribution in [0, 0.1) is 0 Å². The molecular weight excluding hydrogens is 434 g/mol. The molecule has 0 unspecified atom stereocenters. The Morgan fingerprint density at radius 3 is 2.65 bits per heavy atom. The van der Waals surface area contributed by atoms with Crippen molar-refractivity contribution in [3.05, 3.63) is 65.2 Å². The van der Waals surface area contributed by atoms with Crippen molar-refractivity contribution < 1.29 is 24.2 Å². The van der Waals surface area contributed by atoms with Crippen LogP contribution < -0.4 is 15.4 Å². The standard InChI is InChI=1S/C26H33N3O5/c30-24(28-16-26(32)33)12-10-20-9-11-23-22(15-20)18-29(17-21-7-3-1-4-8-21)19-25(31)27-13-5-2-6-14-34-23/h1,3-4,7-9,11,15H,2,5-6,10,12-14,16-19H2,(H,27,31)(H,28,30)(H,32,33). The van der Waals surface area contributed by atoms with Crippen LogP contribution in [0.1, 0.15) is 42.4 Å². The molecular formula is C26H33N3O5. The fourth-order valence-electron chi connectivity index (χ4n) is 3.90. The van der Waals surface area contributed by atoms with E-state index in [0.29, 0.717) is 32.7 Å². The fraction of sp³-hybridized carbons (Fsp3) is 0.423. The summed E-state index contributed by atoms with van der Waals surface area (Å²) in [6.45, 7) is 2.31. The lowest BCUT2D eigenvalue weighted by Crippen LogP contribution is -2.37. The Kier molecular flexibility index (Phi) is 9.91. The van der Waals surface area contributed by atoms with Crippen LogP contribution in [0.5, 0.6) is 5.75 Å². The van der Waals surface area contributed by atoms with Crippen LogP contribution in [0.25, 0.3) is 0 Å². The lowest BCUT2D eigenvalue weighted by molar-refractivity contribution is -0.137. The first kappa shape index (κ1) is 25.2. The van der Waals surface area contributed by atoms with Gasteiger partial charge in [0, 0.05) is 31.6 Å². The summed E-state index contributed by atoms with van der Waals surface area (Å²) in [4.78, 5) is 37.3. The first-order valence-corrected chi connectivity index (χ1v) is 11.8. The average Bonchev–Trinajstić information content (AvgIpc) is 2.83. The third kappa shape index (κ3) is 8.86. The molecule has 182 valence electrons. The maximum Gasteiger partial charge on any atom is 0.322 e. The number of nitrogens with one attached hydrogen (secondary N) is 2. The molecule has 0 bridgehead atoms. The Hall–Kier alpha value is -3.39. The molecule has 8 heteroatoms. The Morgan fingerprint density at radius 2 is 1.85 bits per heavy atom. The first-order chi connectivity index (χ1) is 16.5. The van der Waals surface area contributed by atoms with Gasteiger partial charge >= 0.3 is 5.97 Å². The highest BCUT2D eigenvalue weighted by atomic mass is 16.5. The number of rotatable bonds is 7. The van der Waals surface area contributed by atoms with E-state index in [-0.39, 0.29) is 31.3 Å². The van der Waals surface area contributed by atoms with Gasteiger partial charge in [0.05, 0.1) is 13.2 Å². The third-order valence-electron chi connectivity index (χ3n) is 5.61. The van der Waals surface area contributed by atoms with Crippen molar-refractivity contribution in [1.82, 2.24) is 15.5 Å². The molecule has 2 aromatic rings. The summed E-state index contributed by atoms with van der Waals surface area (Å²) in [5.41, 5.74) is 3.04. The van der Waals surface area contributed by atoms with E-state index < -0.39 is 5.97 Å². The van der Waals surface area contributed by atoms with E-state index >= 15 is 0 Å². The van der Waals surface area contributed by atoms with Gasteiger partial charge in [0.15, 0.2) is 0 Å². The highest BCUT2D eigenvalue weighted by Gasteiger charge is 2.16. The van der Waals surface area contributed by atoms with Crippen LogP contribution in [0.4, 0.5) is 0 Å². The topological polar surface area (TPSA) is 108 Å². The van der Waals surface area contributed by atoms with E-state index in [1.54, 1.807) is 0 Å². The number of hydrogen-bond acceptors (Lipinski definition) is 5. The Bertz CT molecular complexity index is 964. The van der Waals surface area contributed by atoms with Gasteiger partial charge in [0.1, 0.15) is 12.3 Å². The molecule has 3 rings (SSSR count). The predicted molar refractivity (Wildman–Crippen MR) is 128 cm³/mol. The van der Waals surface area contributed by atoms with Crippen LogP contribution in [-0.2, 0) is 33.9 Å². The number of carboxylic acid groups (broad SMARTS) is 1. The minimum atomic E-state index is -1.07. The highest BCUT2D eigenvalue weighted by molar-refractivity contribution is 5.81. The summed E-state index contributed by atoms with van der Waals surface area (Å²) in [5.74, 6) is -0.575. The number of aliphatic carboxylic acids is 1. The van der Waals surface area contributed by atoms with Crippen LogP contribution in [0.15, 0.2) is 48.5 Å². The molecule has 0 saturated carbocycles. The molecule has 1 aliphatic rings. The fourth-order valence-corrected chi connectivity index (χ4v) is 3.90. The zero-order chi connectivity index (χ0) is 24.2. The molecule has 2 amide bonds. The van der Waals surface area contributed by atoms with Crippen molar-refractivity contribution in [3.8, 4) is 5.75 Å². The summed E-state index contributed by atoms with van der Waals surface area (Å²) < 4.78 is 6.10. The van der Waals surface area contributed by atoms with Gasteiger partial charge in [-0.2, -0.15) is 0 Å². The number of benzene rings is 2. The number of hydrogen-bond donors (Lipinski definition) is 3. The van der Waals surface area contributed by atoms with E-state index in [2.05, 4.69) is 15.5 Å². The SMILES string of the molecule is O=C(O)CNC(=O)CCc1ccc2c(c1)CN(Cc1ccccc1)CC(=O)NCCCCCO2. The van der Waals surface area contributed by atoms with E-state index in [4.69, 9.17) is 9.84 Å². The number of ether oxygens (including phenoxy) is 1. The molecule has 0 aliphatic carbocycles. The molecule has 1 heterocycles. The lowest BCUT2D eigenvalue weighted by Gasteiger charge is -2.24. The van der Waals surface area contributed by atoms with E-state index in [9.17, 15) is 14.4 Å². The Labute approximate surface area is 200 Å². The maximum absolute atomic E-state index is 12.6. The van der Waals surface area contributed by atoms with Crippen molar-refractivity contribution in [2.24, 2.45) is 0 Å². The van der Waals surface area contributed by atoms with Crippen molar-refractivity contribution in [3.63, 3.8) is 0 Å². The van der Waals surface area contributed by atoms with Gasteiger partial charge in [0.25, 0.3) is 0 Å². The number of aryl methyl sites for hydroxylation is 1.